The molecule has 1 fully saturated rings. The van der Waals surface area contributed by atoms with Crippen molar-refractivity contribution >= 4 is 28.8 Å². The lowest BCUT2D eigenvalue weighted by molar-refractivity contribution is 0.0697. The Bertz CT molecular complexity index is 670. The number of ether oxygens (including phenoxy) is 1. The smallest absolute Gasteiger partial charge is 0.335 e. The van der Waals surface area contributed by atoms with Gasteiger partial charge in [-0.25, -0.2) is 18.3 Å². The average Bonchev–Trinajstić information content (AvgIpc) is 3.31. The molecule has 1 aromatic heterocycles. The minimum Gasteiger partial charge on any atom is -0.478 e. The molecule has 1 aliphatic carbocycles. The molecule has 3 unspecified atom stereocenters. The number of aromatic carboxylic acids is 1. The first-order valence-electron chi connectivity index (χ1n) is 8.57. The largest absolute Gasteiger partial charge is 0.478 e. The third kappa shape index (κ3) is 5.15. The SMILES string of the molecule is COCCN(CC1CC1C)c1cc(C(=O)O)cc(N(C)S(=O)N(C)C)n1. The van der Waals surface area contributed by atoms with Crippen molar-refractivity contribution < 1.29 is 18.8 Å². The molecule has 8 nitrogen and oxygen atoms in total. The molecule has 1 saturated carbocycles. The molecule has 146 valence electrons. The highest BCUT2D eigenvalue weighted by atomic mass is 32.2. The topological polar surface area (TPSA) is 86.2 Å². The van der Waals surface area contributed by atoms with Gasteiger partial charge >= 0.3 is 5.97 Å². The summed E-state index contributed by atoms with van der Waals surface area (Å²) in [5.74, 6) is 1.15. The molecule has 0 spiro atoms. The molecule has 1 heterocycles. The molecule has 0 aliphatic heterocycles. The second-order valence-electron chi connectivity index (χ2n) is 6.83. The van der Waals surface area contributed by atoms with Crippen LogP contribution in [0.3, 0.4) is 0 Å². The molecule has 2 rings (SSSR count). The van der Waals surface area contributed by atoms with E-state index in [9.17, 15) is 14.1 Å². The summed E-state index contributed by atoms with van der Waals surface area (Å²) in [5, 5.41) is 9.48. The summed E-state index contributed by atoms with van der Waals surface area (Å²) in [6, 6.07) is 3.02. The number of hydrogen-bond acceptors (Lipinski definition) is 5. The fourth-order valence-electron chi connectivity index (χ4n) is 2.71. The van der Waals surface area contributed by atoms with Crippen LogP contribution in [0.2, 0.25) is 0 Å². The van der Waals surface area contributed by atoms with Gasteiger partial charge in [0.25, 0.3) is 0 Å². The molecule has 0 radical (unpaired) electrons. The predicted octanol–water partition coefficient (Wildman–Crippen LogP) is 1.47. The first-order chi connectivity index (χ1) is 12.2. The van der Waals surface area contributed by atoms with Crippen LogP contribution >= 0.6 is 0 Å². The van der Waals surface area contributed by atoms with E-state index in [-0.39, 0.29) is 5.56 Å². The van der Waals surface area contributed by atoms with Crippen molar-refractivity contribution in [3.05, 3.63) is 17.7 Å². The van der Waals surface area contributed by atoms with Gasteiger partial charge < -0.3 is 14.7 Å². The van der Waals surface area contributed by atoms with Crippen LogP contribution in [0.1, 0.15) is 23.7 Å². The van der Waals surface area contributed by atoms with Gasteiger partial charge in [0.1, 0.15) is 11.6 Å². The van der Waals surface area contributed by atoms with Crippen LogP contribution in [0.25, 0.3) is 0 Å². The highest BCUT2D eigenvalue weighted by Gasteiger charge is 2.34. The number of anilines is 2. The maximum Gasteiger partial charge on any atom is 0.335 e. The number of carbonyl (C=O) groups is 1. The molecule has 1 N–H and O–H groups in total. The number of carboxylic acids is 1. The summed E-state index contributed by atoms with van der Waals surface area (Å²) in [6.07, 6.45) is 1.17. The number of pyridine rings is 1. The van der Waals surface area contributed by atoms with E-state index < -0.39 is 17.1 Å². The number of rotatable bonds is 10. The van der Waals surface area contributed by atoms with E-state index >= 15 is 0 Å². The van der Waals surface area contributed by atoms with Gasteiger partial charge in [0.05, 0.1) is 12.2 Å². The number of carboxylic acid groups (broad SMARTS) is 1. The van der Waals surface area contributed by atoms with Crippen LogP contribution in [0, 0.1) is 11.8 Å². The molecule has 9 heteroatoms. The highest BCUT2D eigenvalue weighted by molar-refractivity contribution is 7.84. The van der Waals surface area contributed by atoms with E-state index in [1.54, 1.807) is 34.3 Å². The Morgan fingerprint density at radius 3 is 2.46 bits per heavy atom. The summed E-state index contributed by atoms with van der Waals surface area (Å²) in [5.41, 5.74) is 0.124. The van der Waals surface area contributed by atoms with E-state index in [1.807, 2.05) is 0 Å². The number of aromatic nitrogens is 1. The van der Waals surface area contributed by atoms with Gasteiger partial charge in [0, 0.05) is 41.3 Å². The van der Waals surface area contributed by atoms with E-state index in [4.69, 9.17) is 4.74 Å². The van der Waals surface area contributed by atoms with Gasteiger partial charge in [-0.15, -0.1) is 0 Å². The van der Waals surface area contributed by atoms with Crippen LogP contribution in [0.15, 0.2) is 12.1 Å². The van der Waals surface area contributed by atoms with Crippen LogP contribution in [-0.4, -0.2) is 72.5 Å². The molecule has 0 aromatic carbocycles. The molecular weight excluding hydrogens is 356 g/mol. The van der Waals surface area contributed by atoms with Gasteiger partial charge in [-0.3, -0.25) is 4.31 Å². The van der Waals surface area contributed by atoms with Crippen molar-refractivity contribution in [3.63, 3.8) is 0 Å². The molecular formula is C17H28N4O4S. The highest BCUT2D eigenvalue weighted by Crippen LogP contribution is 2.39. The third-order valence-electron chi connectivity index (χ3n) is 4.53. The van der Waals surface area contributed by atoms with Crippen molar-refractivity contribution in [2.45, 2.75) is 13.3 Å². The zero-order chi connectivity index (χ0) is 19.4. The van der Waals surface area contributed by atoms with Crippen molar-refractivity contribution in [1.82, 2.24) is 9.29 Å². The Morgan fingerprint density at radius 2 is 1.96 bits per heavy atom. The Hall–Kier alpha value is -1.71. The standard InChI is InChI=1S/C17H28N4O4S/c1-12-8-14(12)11-21(6-7-25-5)16-10-13(17(22)23)9-15(18-16)20(4)26(24)19(2)3/h9-10,12,14H,6-8,11H2,1-5H3,(H,22,23). The van der Waals surface area contributed by atoms with Gasteiger partial charge in [0.15, 0.2) is 11.2 Å². The molecule has 1 aliphatic rings. The van der Waals surface area contributed by atoms with E-state index in [0.717, 1.165) is 6.54 Å². The molecule has 1 aromatic rings. The Balaban J connectivity index is 2.37. The maximum absolute atomic E-state index is 12.4. The number of hydrogen-bond donors (Lipinski definition) is 1. The Kier molecular flexibility index (Phi) is 6.96. The zero-order valence-electron chi connectivity index (χ0n) is 16.0. The fourth-order valence-corrected chi connectivity index (χ4v) is 3.45. The molecule has 0 amide bonds. The number of nitrogens with zero attached hydrogens (tertiary/aromatic N) is 4. The van der Waals surface area contributed by atoms with Crippen LogP contribution in [0.4, 0.5) is 11.6 Å². The second kappa shape index (κ2) is 8.79. The summed E-state index contributed by atoms with van der Waals surface area (Å²) < 4.78 is 20.5. The van der Waals surface area contributed by atoms with Crippen molar-refractivity contribution in [2.24, 2.45) is 11.8 Å². The molecule has 0 saturated heterocycles. The lowest BCUT2D eigenvalue weighted by Crippen LogP contribution is -2.34. The summed E-state index contributed by atoms with van der Waals surface area (Å²) >= 11 is -1.45. The van der Waals surface area contributed by atoms with E-state index in [0.29, 0.717) is 36.6 Å². The Labute approximate surface area is 157 Å². The monoisotopic (exact) mass is 384 g/mol. The van der Waals surface area contributed by atoms with Crippen LogP contribution in [0.5, 0.6) is 0 Å². The molecule has 3 atom stereocenters. The average molecular weight is 385 g/mol. The van der Waals surface area contributed by atoms with Crippen molar-refractivity contribution in [2.75, 3.05) is 57.2 Å². The van der Waals surface area contributed by atoms with Crippen LogP contribution in [-0.2, 0) is 15.9 Å². The van der Waals surface area contributed by atoms with Crippen LogP contribution < -0.4 is 9.21 Å². The van der Waals surface area contributed by atoms with E-state index in [1.165, 1.54) is 21.1 Å². The minimum absolute atomic E-state index is 0.124. The normalized spacial score (nSPS) is 20.1. The zero-order valence-corrected chi connectivity index (χ0v) is 16.8. The second-order valence-corrected chi connectivity index (χ2v) is 8.57. The fraction of sp³-hybridized carbons (Fsp3) is 0.647. The molecule has 0 bridgehead atoms. The van der Waals surface area contributed by atoms with Gasteiger partial charge in [-0.05, 0) is 30.4 Å². The summed E-state index contributed by atoms with van der Waals surface area (Å²) in [4.78, 5) is 18.2. The van der Waals surface area contributed by atoms with Gasteiger partial charge in [-0.1, -0.05) is 6.92 Å². The van der Waals surface area contributed by atoms with Gasteiger partial charge in [-0.2, -0.15) is 0 Å². The van der Waals surface area contributed by atoms with E-state index in [2.05, 4.69) is 16.8 Å². The third-order valence-corrected chi connectivity index (χ3v) is 5.82. The lowest BCUT2D eigenvalue weighted by atomic mass is 10.2. The quantitative estimate of drug-likeness (QED) is 0.657. The first kappa shape index (κ1) is 20.6. The maximum atomic E-state index is 12.4. The Morgan fingerprint density at radius 1 is 1.35 bits per heavy atom. The predicted molar refractivity (Wildman–Crippen MR) is 103 cm³/mol. The minimum atomic E-state index is -1.45. The lowest BCUT2D eigenvalue weighted by Gasteiger charge is -2.26. The first-order valence-corrected chi connectivity index (χ1v) is 9.63. The summed E-state index contributed by atoms with van der Waals surface area (Å²) in [6.45, 7) is 4.16. The molecule has 26 heavy (non-hydrogen) atoms. The summed E-state index contributed by atoms with van der Waals surface area (Å²) in [7, 11) is 6.65. The van der Waals surface area contributed by atoms with Crippen molar-refractivity contribution in [3.8, 4) is 0 Å². The van der Waals surface area contributed by atoms with Gasteiger partial charge in [0.2, 0.25) is 0 Å². The number of methoxy groups -OCH3 is 1. The van der Waals surface area contributed by atoms with Crippen molar-refractivity contribution in [1.29, 1.82) is 0 Å².